The molecule has 126 valence electrons. The predicted molar refractivity (Wildman–Crippen MR) is 82.9 cm³/mol. The summed E-state index contributed by atoms with van der Waals surface area (Å²) in [5.41, 5.74) is 4.46. The molecule has 0 amide bonds. The summed E-state index contributed by atoms with van der Waals surface area (Å²) in [5, 5.41) is 28.1. The summed E-state index contributed by atoms with van der Waals surface area (Å²) in [6, 6.07) is 0. The van der Waals surface area contributed by atoms with Gasteiger partial charge < -0.3 is 25.8 Å². The van der Waals surface area contributed by atoms with Gasteiger partial charge in [-0.2, -0.15) is 4.98 Å². The Morgan fingerprint density at radius 3 is 2.27 bits per heavy atom. The van der Waals surface area contributed by atoms with Crippen molar-refractivity contribution in [3.8, 4) is 0 Å². The van der Waals surface area contributed by atoms with Crippen LogP contribution in [0.4, 0.5) is 5.95 Å². The van der Waals surface area contributed by atoms with Gasteiger partial charge in [-0.25, -0.2) is 9.78 Å². The van der Waals surface area contributed by atoms with E-state index in [1.54, 1.807) is 0 Å². The van der Waals surface area contributed by atoms with Crippen molar-refractivity contribution in [3.05, 3.63) is 16.8 Å². The molecule has 22 heavy (non-hydrogen) atoms. The third-order valence-corrected chi connectivity index (χ3v) is 2.54. The summed E-state index contributed by atoms with van der Waals surface area (Å²) < 4.78 is 6.04. The first-order valence-corrected chi connectivity index (χ1v) is 20.1. The van der Waals surface area contributed by atoms with E-state index in [1.165, 1.54) is 0 Å². The van der Waals surface area contributed by atoms with Crippen LogP contribution in [0.2, 0.25) is 0 Å². The summed E-state index contributed by atoms with van der Waals surface area (Å²) in [6.45, 7) is -0.473. The second-order valence-electron chi connectivity index (χ2n) is 4.06. The average molecular weight is 505 g/mol. The fraction of sp³-hybridized carbons (Fsp3) is 0.625. The second kappa shape index (κ2) is 8.49. The third kappa shape index (κ3) is 6.13. The molecule has 0 spiro atoms. The van der Waals surface area contributed by atoms with E-state index in [1.807, 2.05) is 0 Å². The van der Waals surface area contributed by atoms with Crippen LogP contribution in [0.3, 0.4) is 0 Å². The SMILES string of the molecule is Nc1ncn([C@@H]2O[C@H](CO)[C@@H](O)[C@H]2O)c(=O)n1.[Cl][Sn]([Cl])([Cl])[Cl]. The van der Waals surface area contributed by atoms with Gasteiger partial charge in [-0.05, 0) is 0 Å². The van der Waals surface area contributed by atoms with E-state index in [0.717, 1.165) is 10.9 Å². The maximum atomic E-state index is 11.5. The Bertz CT molecular complexity index is 552. The van der Waals surface area contributed by atoms with Gasteiger partial charge in [0.15, 0.2) is 6.23 Å². The molecule has 0 aliphatic carbocycles. The molecule has 2 heterocycles. The average Bonchev–Trinajstić information content (AvgIpc) is 2.64. The first-order chi connectivity index (χ1) is 10.0. The van der Waals surface area contributed by atoms with E-state index in [9.17, 15) is 15.0 Å². The Balaban J connectivity index is 0.000000422. The number of nitrogens with two attached hydrogens (primary N) is 1. The van der Waals surface area contributed by atoms with Crippen LogP contribution in [-0.4, -0.2) is 68.6 Å². The molecule has 1 saturated heterocycles. The van der Waals surface area contributed by atoms with Gasteiger partial charge in [0.25, 0.3) is 0 Å². The van der Waals surface area contributed by atoms with Crippen LogP contribution in [0.1, 0.15) is 6.23 Å². The zero-order valence-corrected chi connectivity index (χ0v) is 16.6. The van der Waals surface area contributed by atoms with Gasteiger partial charge in [0, 0.05) is 0 Å². The van der Waals surface area contributed by atoms with Gasteiger partial charge in [0.2, 0.25) is 5.95 Å². The number of hydrogen-bond donors (Lipinski definition) is 4. The first kappa shape index (κ1) is 20.5. The van der Waals surface area contributed by atoms with Crippen molar-refractivity contribution in [2.75, 3.05) is 12.3 Å². The molecule has 0 unspecified atom stereocenters. The summed E-state index contributed by atoms with van der Waals surface area (Å²) in [6.07, 6.45) is -3.67. The monoisotopic (exact) mass is 504 g/mol. The quantitative estimate of drug-likeness (QED) is 0.384. The molecule has 1 aromatic heterocycles. The van der Waals surface area contributed by atoms with Crippen molar-refractivity contribution in [1.82, 2.24) is 14.5 Å². The van der Waals surface area contributed by atoms with Crippen molar-refractivity contribution in [3.63, 3.8) is 0 Å². The molecule has 4 atom stereocenters. The Morgan fingerprint density at radius 2 is 1.86 bits per heavy atom. The van der Waals surface area contributed by atoms with E-state index in [4.69, 9.17) is 51.3 Å². The summed E-state index contributed by atoms with van der Waals surface area (Å²) in [4.78, 5) is 18.4. The summed E-state index contributed by atoms with van der Waals surface area (Å²) in [7, 11) is 20.1. The van der Waals surface area contributed by atoms with Crippen LogP contribution in [0.25, 0.3) is 0 Å². The molecule has 1 aliphatic heterocycles. The van der Waals surface area contributed by atoms with Crippen molar-refractivity contribution in [2.45, 2.75) is 24.5 Å². The number of aliphatic hydroxyl groups is 3. The zero-order valence-electron chi connectivity index (χ0n) is 10.7. The number of nitrogens with zero attached hydrogens (tertiary/aromatic N) is 3. The molecule has 1 aliphatic rings. The van der Waals surface area contributed by atoms with E-state index < -0.39 is 50.7 Å². The number of nitrogen functional groups attached to an aromatic ring is 1. The number of anilines is 1. The van der Waals surface area contributed by atoms with Gasteiger partial charge in [-0.3, -0.25) is 4.57 Å². The van der Waals surface area contributed by atoms with Crippen molar-refractivity contribution < 1.29 is 20.1 Å². The van der Waals surface area contributed by atoms with E-state index in [0.29, 0.717) is 0 Å². The molecule has 1 fully saturated rings. The van der Waals surface area contributed by atoms with Crippen molar-refractivity contribution in [1.29, 1.82) is 0 Å². The fourth-order valence-electron chi connectivity index (χ4n) is 1.64. The molecule has 0 bridgehead atoms. The normalized spacial score (nSPS) is 28.1. The molecular formula is C8H12Cl4N4O5Sn. The topological polar surface area (TPSA) is 144 Å². The van der Waals surface area contributed by atoms with Gasteiger partial charge in [-0.1, -0.05) is 0 Å². The standard InChI is InChI=1S/C8H12N4O5.4ClH.Sn/c9-7-10-2-12(8(16)11-7)6-5(15)4(14)3(1-13)17-6;;;;;/h2-6,13-15H,1H2,(H2,9,11,16);4*1H;/q;;;;;+4/p-4/t3-,4-,5-,6-;;;;;/m1...../s1. The molecule has 5 N–H and O–H groups in total. The fourth-order valence-corrected chi connectivity index (χ4v) is 1.64. The molecule has 14 heteroatoms. The van der Waals surface area contributed by atoms with Crippen LogP contribution < -0.4 is 11.4 Å². The molecule has 0 saturated carbocycles. The molecule has 0 aromatic carbocycles. The van der Waals surface area contributed by atoms with Gasteiger partial charge in [-0.15, -0.1) is 0 Å². The Labute approximate surface area is 143 Å². The minimum atomic E-state index is -3.29. The number of rotatable bonds is 2. The molecule has 2 rings (SSSR count). The molecular weight excluding hydrogens is 493 g/mol. The molecule has 1 aromatic rings. The second-order valence-corrected chi connectivity index (χ2v) is 29.5. The third-order valence-electron chi connectivity index (χ3n) is 2.54. The maximum absolute atomic E-state index is 11.5. The Kier molecular flexibility index (Phi) is 7.89. The Morgan fingerprint density at radius 1 is 1.32 bits per heavy atom. The first-order valence-electron chi connectivity index (χ1n) is 5.63. The summed E-state index contributed by atoms with van der Waals surface area (Å²) in [5.74, 6) is -0.196. The van der Waals surface area contributed by atoms with Crippen LogP contribution in [0.15, 0.2) is 11.1 Å². The van der Waals surface area contributed by atoms with Crippen molar-refractivity contribution in [2.24, 2.45) is 0 Å². The number of aliphatic hydroxyl groups excluding tert-OH is 3. The van der Waals surface area contributed by atoms with Crippen LogP contribution in [-0.2, 0) is 4.74 Å². The van der Waals surface area contributed by atoms with Crippen LogP contribution in [0, 0.1) is 0 Å². The molecule has 0 radical (unpaired) electrons. The van der Waals surface area contributed by atoms with E-state index in [-0.39, 0.29) is 5.95 Å². The molecule has 9 nitrogen and oxygen atoms in total. The number of halogens is 4. The zero-order chi connectivity index (χ0) is 17.1. The number of aromatic nitrogens is 3. The van der Waals surface area contributed by atoms with Gasteiger partial charge in [0.1, 0.15) is 24.6 Å². The van der Waals surface area contributed by atoms with Gasteiger partial charge >= 0.3 is 55.2 Å². The van der Waals surface area contributed by atoms with Crippen molar-refractivity contribution >= 4 is 55.5 Å². The predicted octanol–water partition coefficient (Wildman–Crippen LogP) is -0.791. The van der Waals surface area contributed by atoms with Gasteiger partial charge in [0.05, 0.1) is 6.61 Å². The number of hydrogen-bond acceptors (Lipinski definition) is 8. The number of ether oxygens (including phenoxy) is 1. The van der Waals surface area contributed by atoms with E-state index in [2.05, 4.69) is 9.97 Å². The van der Waals surface area contributed by atoms with Crippen LogP contribution in [0.5, 0.6) is 0 Å². The summed E-state index contributed by atoms with van der Waals surface area (Å²) >= 11 is -3.29. The minimum absolute atomic E-state index is 0.196. The van der Waals surface area contributed by atoms with E-state index >= 15 is 0 Å². The van der Waals surface area contributed by atoms with Crippen LogP contribution >= 0.6 is 35.7 Å². The Hall–Kier alpha value is 0.409.